The van der Waals surface area contributed by atoms with Crippen LogP contribution < -0.4 is 10.1 Å². The predicted molar refractivity (Wildman–Crippen MR) is 78.6 cm³/mol. The molecule has 0 fully saturated rings. The molecule has 1 aliphatic heterocycles. The Labute approximate surface area is 120 Å². The van der Waals surface area contributed by atoms with Crippen LogP contribution in [0.15, 0.2) is 58.8 Å². The molecule has 5 nitrogen and oxygen atoms in total. The zero-order valence-electron chi connectivity index (χ0n) is 11.3. The summed E-state index contributed by atoms with van der Waals surface area (Å²) in [6.45, 7) is 0. The van der Waals surface area contributed by atoms with Crippen molar-refractivity contribution in [1.82, 2.24) is 4.98 Å². The molecule has 0 unspecified atom stereocenters. The van der Waals surface area contributed by atoms with Gasteiger partial charge in [0.1, 0.15) is 5.52 Å². The predicted octanol–water partition coefficient (Wildman–Crippen LogP) is 3.60. The number of nitrogens with zero attached hydrogens (tertiary/aromatic N) is 1. The number of ether oxygens (including phenoxy) is 2. The lowest BCUT2D eigenvalue weighted by atomic mass is 10.3. The van der Waals surface area contributed by atoms with E-state index in [2.05, 4.69) is 10.3 Å². The van der Waals surface area contributed by atoms with E-state index >= 15 is 0 Å². The van der Waals surface area contributed by atoms with Crippen molar-refractivity contribution in [3.63, 3.8) is 0 Å². The highest BCUT2D eigenvalue weighted by atomic mass is 16.5. The highest BCUT2D eigenvalue weighted by Gasteiger charge is 2.24. The van der Waals surface area contributed by atoms with Gasteiger partial charge in [-0.15, -0.1) is 0 Å². The third-order valence-corrected chi connectivity index (χ3v) is 3.25. The van der Waals surface area contributed by atoms with E-state index in [1.807, 2.05) is 48.5 Å². The summed E-state index contributed by atoms with van der Waals surface area (Å²) in [6.07, 6.45) is 0. The first-order chi connectivity index (χ1) is 10.3. The third-order valence-electron chi connectivity index (χ3n) is 3.25. The van der Waals surface area contributed by atoms with Crippen molar-refractivity contribution < 1.29 is 13.9 Å². The molecule has 104 valence electrons. The van der Waals surface area contributed by atoms with Crippen molar-refractivity contribution in [3.05, 3.63) is 60.3 Å². The highest BCUT2D eigenvalue weighted by molar-refractivity contribution is 5.76. The summed E-state index contributed by atoms with van der Waals surface area (Å²) in [7, 11) is 1.56. The van der Waals surface area contributed by atoms with Crippen LogP contribution in [0.4, 0.5) is 5.69 Å². The molecule has 0 saturated heterocycles. The smallest absolute Gasteiger partial charge is 0.269 e. The normalized spacial score (nSPS) is 15.3. The van der Waals surface area contributed by atoms with Crippen LogP contribution in [0.1, 0.15) is 5.89 Å². The Hall–Kier alpha value is -2.95. The van der Waals surface area contributed by atoms with Crippen LogP contribution in [-0.4, -0.2) is 12.1 Å². The van der Waals surface area contributed by atoms with Gasteiger partial charge in [0, 0.05) is 0 Å². The van der Waals surface area contributed by atoms with Crippen LogP contribution in [0.5, 0.6) is 5.75 Å². The van der Waals surface area contributed by atoms with Crippen LogP contribution in [0.25, 0.3) is 16.9 Å². The first-order valence-corrected chi connectivity index (χ1v) is 6.53. The molecule has 1 aliphatic rings. The monoisotopic (exact) mass is 280 g/mol. The summed E-state index contributed by atoms with van der Waals surface area (Å²) in [5, 5.41) is 3.16. The Bertz CT molecular complexity index is 791. The summed E-state index contributed by atoms with van der Waals surface area (Å²) in [4.78, 5) is 4.42. The SMILES string of the molecule is COC(=C1Nc2ccccc2O1)c1nc2ccccc2o1. The quantitative estimate of drug-likeness (QED) is 0.727. The average molecular weight is 280 g/mol. The maximum atomic E-state index is 5.75. The van der Waals surface area contributed by atoms with E-state index < -0.39 is 0 Å². The molecule has 1 N–H and O–H groups in total. The van der Waals surface area contributed by atoms with Crippen molar-refractivity contribution in [3.8, 4) is 5.75 Å². The van der Waals surface area contributed by atoms with Crippen molar-refractivity contribution >= 4 is 22.5 Å². The first kappa shape index (κ1) is 11.8. The second-order valence-corrected chi connectivity index (χ2v) is 4.57. The van der Waals surface area contributed by atoms with Crippen molar-refractivity contribution in [1.29, 1.82) is 0 Å². The molecule has 4 rings (SSSR count). The van der Waals surface area contributed by atoms with E-state index in [1.54, 1.807) is 7.11 Å². The second kappa shape index (κ2) is 4.56. The minimum absolute atomic E-state index is 0.383. The van der Waals surface area contributed by atoms with Crippen LogP contribution >= 0.6 is 0 Å². The largest absolute Gasteiger partial charge is 0.487 e. The summed E-state index contributed by atoms with van der Waals surface area (Å²) >= 11 is 0. The van der Waals surface area contributed by atoms with E-state index in [9.17, 15) is 0 Å². The van der Waals surface area contributed by atoms with E-state index in [0.29, 0.717) is 23.1 Å². The highest BCUT2D eigenvalue weighted by Crippen LogP contribution is 2.36. The van der Waals surface area contributed by atoms with Gasteiger partial charge >= 0.3 is 0 Å². The Morgan fingerprint density at radius 2 is 1.90 bits per heavy atom. The molecule has 2 aromatic carbocycles. The number of hydrogen-bond donors (Lipinski definition) is 1. The van der Waals surface area contributed by atoms with E-state index in [4.69, 9.17) is 13.9 Å². The van der Waals surface area contributed by atoms with Crippen LogP contribution in [0.2, 0.25) is 0 Å². The Morgan fingerprint density at radius 3 is 2.71 bits per heavy atom. The number of fused-ring (bicyclic) bond motifs is 2. The molecule has 0 saturated carbocycles. The minimum atomic E-state index is 0.383. The van der Waals surface area contributed by atoms with Gasteiger partial charge in [-0.1, -0.05) is 24.3 Å². The lowest BCUT2D eigenvalue weighted by Gasteiger charge is -2.05. The van der Waals surface area contributed by atoms with E-state index in [0.717, 1.165) is 17.0 Å². The molecule has 0 aliphatic carbocycles. The van der Waals surface area contributed by atoms with E-state index in [1.165, 1.54) is 0 Å². The molecule has 3 aromatic rings. The number of methoxy groups -OCH3 is 1. The molecule has 2 heterocycles. The molecule has 5 heteroatoms. The van der Waals surface area contributed by atoms with Gasteiger partial charge in [0.05, 0.1) is 12.8 Å². The maximum absolute atomic E-state index is 5.75. The summed E-state index contributed by atoms with van der Waals surface area (Å²) in [6, 6.07) is 15.2. The summed E-state index contributed by atoms with van der Waals surface area (Å²) in [5.41, 5.74) is 2.37. The molecule has 0 spiro atoms. The van der Waals surface area contributed by atoms with Gasteiger partial charge in [-0.05, 0) is 24.3 Å². The van der Waals surface area contributed by atoms with Gasteiger partial charge in [0.15, 0.2) is 11.3 Å². The van der Waals surface area contributed by atoms with Crippen LogP contribution in [-0.2, 0) is 4.74 Å². The molecule has 0 amide bonds. The first-order valence-electron chi connectivity index (χ1n) is 6.53. The standard InChI is InChI=1S/C16H12N2O3/c1-19-14(15-17-10-6-2-4-8-12(10)20-15)16-18-11-7-3-5-9-13(11)21-16/h2-9,17H,1H3. The Balaban J connectivity index is 1.80. The van der Waals surface area contributed by atoms with Gasteiger partial charge in [-0.3, -0.25) is 0 Å². The average Bonchev–Trinajstić information content (AvgIpc) is 3.11. The van der Waals surface area contributed by atoms with Gasteiger partial charge < -0.3 is 19.2 Å². The minimum Gasteiger partial charge on any atom is -0.487 e. The Morgan fingerprint density at radius 1 is 1.10 bits per heavy atom. The lowest BCUT2D eigenvalue weighted by molar-refractivity contribution is 0.326. The Kier molecular flexibility index (Phi) is 2.57. The number of benzene rings is 2. The van der Waals surface area contributed by atoms with Gasteiger partial charge in [-0.2, -0.15) is 0 Å². The lowest BCUT2D eigenvalue weighted by Crippen LogP contribution is -2.04. The summed E-state index contributed by atoms with van der Waals surface area (Å²) in [5.74, 6) is 2.04. The van der Waals surface area contributed by atoms with E-state index in [-0.39, 0.29) is 0 Å². The number of rotatable bonds is 2. The molecule has 21 heavy (non-hydrogen) atoms. The van der Waals surface area contributed by atoms with Crippen molar-refractivity contribution in [2.75, 3.05) is 12.4 Å². The molecular formula is C16H12N2O3. The molecule has 0 bridgehead atoms. The number of oxazole rings is 1. The fraction of sp³-hybridized carbons (Fsp3) is 0.0625. The molecule has 0 atom stereocenters. The molecular weight excluding hydrogens is 268 g/mol. The number of anilines is 1. The second-order valence-electron chi connectivity index (χ2n) is 4.57. The van der Waals surface area contributed by atoms with Crippen molar-refractivity contribution in [2.45, 2.75) is 0 Å². The van der Waals surface area contributed by atoms with Crippen LogP contribution in [0.3, 0.4) is 0 Å². The number of para-hydroxylation sites is 4. The number of nitrogens with one attached hydrogen (secondary N) is 1. The maximum Gasteiger partial charge on any atom is 0.269 e. The molecule has 0 radical (unpaired) electrons. The molecule has 1 aromatic heterocycles. The van der Waals surface area contributed by atoms with Gasteiger partial charge in [0.25, 0.3) is 5.89 Å². The zero-order chi connectivity index (χ0) is 14.2. The van der Waals surface area contributed by atoms with Crippen LogP contribution in [0, 0.1) is 0 Å². The topological polar surface area (TPSA) is 56.5 Å². The zero-order valence-corrected chi connectivity index (χ0v) is 11.3. The third kappa shape index (κ3) is 1.90. The van der Waals surface area contributed by atoms with Gasteiger partial charge in [-0.25, -0.2) is 4.98 Å². The fourth-order valence-corrected chi connectivity index (χ4v) is 2.27. The number of hydrogen-bond acceptors (Lipinski definition) is 5. The van der Waals surface area contributed by atoms with Gasteiger partial charge in [0.2, 0.25) is 11.6 Å². The fourth-order valence-electron chi connectivity index (χ4n) is 2.27. The van der Waals surface area contributed by atoms with Crippen molar-refractivity contribution in [2.24, 2.45) is 0 Å². The summed E-state index contributed by atoms with van der Waals surface area (Å²) < 4.78 is 16.9. The number of aromatic nitrogens is 1.